The topological polar surface area (TPSA) is 55.6 Å². The van der Waals surface area contributed by atoms with Gasteiger partial charge in [0.15, 0.2) is 0 Å². The first-order valence-electron chi connectivity index (χ1n) is 5.13. The molecule has 2 N–H and O–H groups in total. The quantitative estimate of drug-likeness (QED) is 0.783. The Kier molecular flexibility index (Phi) is 3.05. The number of hydrogen-bond acceptors (Lipinski definition) is 3. The van der Waals surface area contributed by atoms with E-state index in [1.165, 1.54) is 29.2 Å². The van der Waals surface area contributed by atoms with E-state index in [-0.39, 0.29) is 11.8 Å². The van der Waals surface area contributed by atoms with Gasteiger partial charge in [-0.15, -0.1) is 0 Å². The third-order valence-electron chi connectivity index (χ3n) is 2.48. The summed E-state index contributed by atoms with van der Waals surface area (Å²) in [6, 6.07) is 5.52. The van der Waals surface area contributed by atoms with Crippen LogP contribution in [0.5, 0.6) is 5.75 Å². The van der Waals surface area contributed by atoms with Crippen molar-refractivity contribution in [3.63, 3.8) is 0 Å². The molecule has 1 aromatic carbocycles. The SMILES string of the molecule is NC1CCN(C(=O)Oc2cccc(F)c2)C1. The maximum atomic E-state index is 12.8. The fourth-order valence-electron chi connectivity index (χ4n) is 1.65. The van der Waals surface area contributed by atoms with Gasteiger partial charge in [-0.25, -0.2) is 9.18 Å². The third-order valence-corrected chi connectivity index (χ3v) is 2.48. The molecule has 0 radical (unpaired) electrons. The largest absolute Gasteiger partial charge is 0.415 e. The van der Waals surface area contributed by atoms with Gasteiger partial charge in [-0.2, -0.15) is 0 Å². The lowest BCUT2D eigenvalue weighted by atomic mass is 10.3. The Balaban J connectivity index is 1.97. The first-order chi connectivity index (χ1) is 7.65. The molecule has 0 bridgehead atoms. The van der Waals surface area contributed by atoms with Gasteiger partial charge >= 0.3 is 6.09 Å². The highest BCUT2D eigenvalue weighted by Crippen LogP contribution is 2.15. The van der Waals surface area contributed by atoms with Crippen molar-refractivity contribution in [3.8, 4) is 5.75 Å². The summed E-state index contributed by atoms with van der Waals surface area (Å²) in [5.74, 6) is -0.214. The number of rotatable bonds is 1. The van der Waals surface area contributed by atoms with E-state index in [0.717, 1.165) is 6.42 Å². The Hall–Kier alpha value is -1.62. The predicted molar refractivity (Wildman–Crippen MR) is 56.6 cm³/mol. The number of benzene rings is 1. The van der Waals surface area contributed by atoms with Gasteiger partial charge in [0.25, 0.3) is 0 Å². The molecule has 2 rings (SSSR count). The van der Waals surface area contributed by atoms with E-state index in [9.17, 15) is 9.18 Å². The van der Waals surface area contributed by atoms with Gasteiger partial charge in [0, 0.05) is 25.2 Å². The lowest BCUT2D eigenvalue weighted by Crippen LogP contribution is -2.33. The number of halogens is 1. The molecule has 0 spiro atoms. The van der Waals surface area contributed by atoms with Crippen molar-refractivity contribution in [2.75, 3.05) is 13.1 Å². The molecule has 1 fully saturated rings. The lowest BCUT2D eigenvalue weighted by Gasteiger charge is -2.15. The van der Waals surface area contributed by atoms with Crippen LogP contribution in [0.2, 0.25) is 0 Å². The van der Waals surface area contributed by atoms with Crippen LogP contribution in [0.15, 0.2) is 24.3 Å². The number of likely N-dealkylation sites (tertiary alicyclic amines) is 1. The standard InChI is InChI=1S/C11H13FN2O2/c12-8-2-1-3-10(6-8)16-11(15)14-5-4-9(13)7-14/h1-3,6,9H,4-5,7,13H2. The number of carbonyl (C=O) groups is 1. The second kappa shape index (κ2) is 4.49. The van der Waals surface area contributed by atoms with Crippen molar-refractivity contribution >= 4 is 6.09 Å². The zero-order chi connectivity index (χ0) is 11.5. The highest BCUT2D eigenvalue weighted by atomic mass is 19.1. The third kappa shape index (κ3) is 2.49. The van der Waals surface area contributed by atoms with Crippen LogP contribution in [0.1, 0.15) is 6.42 Å². The number of amides is 1. The van der Waals surface area contributed by atoms with Crippen molar-refractivity contribution < 1.29 is 13.9 Å². The first kappa shape index (κ1) is 10.9. The van der Waals surface area contributed by atoms with E-state index in [0.29, 0.717) is 13.1 Å². The Morgan fingerprint density at radius 1 is 1.56 bits per heavy atom. The highest BCUT2D eigenvalue weighted by molar-refractivity contribution is 5.71. The maximum Gasteiger partial charge on any atom is 0.415 e. The van der Waals surface area contributed by atoms with Gasteiger partial charge in [0.1, 0.15) is 11.6 Å². The van der Waals surface area contributed by atoms with Crippen molar-refractivity contribution in [1.29, 1.82) is 0 Å². The van der Waals surface area contributed by atoms with Gasteiger partial charge in [0.05, 0.1) is 0 Å². The van der Waals surface area contributed by atoms with Crippen molar-refractivity contribution in [2.24, 2.45) is 5.73 Å². The molecule has 1 aliphatic heterocycles. The normalized spacial score (nSPS) is 19.9. The zero-order valence-electron chi connectivity index (χ0n) is 8.73. The Morgan fingerprint density at radius 2 is 2.38 bits per heavy atom. The molecule has 1 unspecified atom stereocenters. The van der Waals surface area contributed by atoms with E-state index in [2.05, 4.69) is 0 Å². The molecule has 0 saturated carbocycles. The average molecular weight is 224 g/mol. The van der Waals surface area contributed by atoms with Crippen LogP contribution < -0.4 is 10.5 Å². The Bertz CT molecular complexity index is 397. The van der Waals surface area contributed by atoms with Gasteiger partial charge in [-0.3, -0.25) is 0 Å². The molecular weight excluding hydrogens is 211 g/mol. The van der Waals surface area contributed by atoms with Crippen LogP contribution in [0.4, 0.5) is 9.18 Å². The maximum absolute atomic E-state index is 12.8. The van der Waals surface area contributed by atoms with E-state index < -0.39 is 11.9 Å². The summed E-state index contributed by atoms with van der Waals surface area (Å²) in [5.41, 5.74) is 5.67. The zero-order valence-corrected chi connectivity index (χ0v) is 8.73. The van der Waals surface area contributed by atoms with Crippen LogP contribution in [-0.4, -0.2) is 30.1 Å². The minimum absolute atomic E-state index is 0.0139. The predicted octanol–water partition coefficient (Wildman–Crippen LogP) is 1.36. The Morgan fingerprint density at radius 3 is 3.00 bits per heavy atom. The minimum atomic E-state index is -0.474. The van der Waals surface area contributed by atoms with Crippen LogP contribution in [-0.2, 0) is 0 Å². The number of nitrogens with zero attached hydrogens (tertiary/aromatic N) is 1. The molecule has 1 saturated heterocycles. The molecular formula is C11H13FN2O2. The Labute approximate surface area is 92.8 Å². The van der Waals surface area contributed by atoms with Crippen LogP contribution in [0.3, 0.4) is 0 Å². The lowest BCUT2D eigenvalue weighted by molar-refractivity contribution is 0.162. The second-order valence-electron chi connectivity index (χ2n) is 3.82. The van der Waals surface area contributed by atoms with Crippen LogP contribution in [0.25, 0.3) is 0 Å². The minimum Gasteiger partial charge on any atom is -0.410 e. The molecule has 0 aliphatic carbocycles. The number of hydrogen-bond donors (Lipinski definition) is 1. The van der Waals surface area contributed by atoms with Gasteiger partial charge in [-0.1, -0.05) is 6.07 Å². The summed E-state index contributed by atoms with van der Waals surface area (Å²) in [6.07, 6.45) is 0.302. The van der Waals surface area contributed by atoms with E-state index >= 15 is 0 Å². The number of ether oxygens (including phenoxy) is 1. The summed E-state index contributed by atoms with van der Waals surface area (Å²) in [7, 11) is 0. The summed E-state index contributed by atoms with van der Waals surface area (Å²) in [5, 5.41) is 0. The van der Waals surface area contributed by atoms with Gasteiger partial charge in [0.2, 0.25) is 0 Å². The summed E-state index contributed by atoms with van der Waals surface area (Å²) >= 11 is 0. The molecule has 86 valence electrons. The van der Waals surface area contributed by atoms with Crippen LogP contribution >= 0.6 is 0 Å². The second-order valence-corrected chi connectivity index (χ2v) is 3.82. The monoisotopic (exact) mass is 224 g/mol. The molecule has 4 nitrogen and oxygen atoms in total. The smallest absolute Gasteiger partial charge is 0.410 e. The van der Waals surface area contributed by atoms with E-state index in [1.54, 1.807) is 0 Å². The van der Waals surface area contributed by atoms with Crippen molar-refractivity contribution in [1.82, 2.24) is 4.90 Å². The fourth-order valence-corrected chi connectivity index (χ4v) is 1.65. The highest BCUT2D eigenvalue weighted by Gasteiger charge is 2.25. The van der Waals surface area contributed by atoms with Crippen LogP contribution in [0, 0.1) is 5.82 Å². The molecule has 1 aliphatic rings. The van der Waals surface area contributed by atoms with Gasteiger partial charge < -0.3 is 15.4 Å². The first-order valence-corrected chi connectivity index (χ1v) is 5.13. The molecule has 1 heterocycles. The average Bonchev–Trinajstić information content (AvgIpc) is 2.65. The van der Waals surface area contributed by atoms with Gasteiger partial charge in [-0.05, 0) is 18.6 Å². The fraction of sp³-hybridized carbons (Fsp3) is 0.364. The molecule has 1 aromatic rings. The van der Waals surface area contributed by atoms with E-state index in [1.807, 2.05) is 0 Å². The van der Waals surface area contributed by atoms with Crippen molar-refractivity contribution in [2.45, 2.75) is 12.5 Å². The summed E-state index contributed by atoms with van der Waals surface area (Å²) in [4.78, 5) is 13.1. The number of nitrogens with two attached hydrogens (primary N) is 1. The number of carbonyl (C=O) groups excluding carboxylic acids is 1. The van der Waals surface area contributed by atoms with Crippen molar-refractivity contribution in [3.05, 3.63) is 30.1 Å². The summed E-state index contributed by atoms with van der Waals surface area (Å²) in [6.45, 7) is 1.09. The molecule has 5 heteroatoms. The molecule has 1 amide bonds. The molecule has 16 heavy (non-hydrogen) atoms. The molecule has 0 aromatic heterocycles. The summed E-state index contributed by atoms with van der Waals surface area (Å²) < 4.78 is 17.9. The molecule has 1 atom stereocenters. The van der Waals surface area contributed by atoms with E-state index in [4.69, 9.17) is 10.5 Å².